The molecule has 174 valence electrons. The van der Waals surface area contributed by atoms with Crippen LogP contribution in [0.1, 0.15) is 27.3 Å². The number of esters is 2. The Hall–Kier alpha value is -4.40. The van der Waals surface area contributed by atoms with E-state index in [4.69, 9.17) is 14.2 Å². The second-order valence-electron chi connectivity index (χ2n) is 7.30. The number of aryl methyl sites for hydroxylation is 1. The van der Waals surface area contributed by atoms with Crippen LogP contribution in [0, 0.1) is 0 Å². The van der Waals surface area contributed by atoms with Crippen molar-refractivity contribution in [2.45, 2.75) is 13.0 Å². The van der Waals surface area contributed by atoms with E-state index in [2.05, 4.69) is 10.1 Å². The van der Waals surface area contributed by atoms with Gasteiger partial charge in [-0.05, 0) is 30.7 Å². The van der Waals surface area contributed by atoms with Crippen LogP contribution in [-0.4, -0.2) is 52.1 Å². The zero-order chi connectivity index (χ0) is 23.9. The molecule has 34 heavy (non-hydrogen) atoms. The maximum absolute atomic E-state index is 12.9. The Morgan fingerprint density at radius 3 is 2.38 bits per heavy atom. The fraction of sp³-hybridized carbons (Fsp3) is 0.200. The van der Waals surface area contributed by atoms with E-state index in [-0.39, 0.29) is 17.0 Å². The van der Waals surface area contributed by atoms with Crippen LogP contribution in [0.25, 0.3) is 16.9 Å². The summed E-state index contributed by atoms with van der Waals surface area (Å²) in [5, 5.41) is 4.64. The molecule has 0 saturated heterocycles. The number of imidazole rings is 1. The summed E-state index contributed by atoms with van der Waals surface area (Å²) >= 11 is 0. The van der Waals surface area contributed by atoms with Crippen LogP contribution in [-0.2, 0) is 16.0 Å². The van der Waals surface area contributed by atoms with Gasteiger partial charge in [0.05, 0.1) is 32.8 Å². The molecule has 0 amide bonds. The lowest BCUT2D eigenvalue weighted by atomic mass is 10.0. The fourth-order valence-electron chi connectivity index (χ4n) is 3.58. The van der Waals surface area contributed by atoms with Gasteiger partial charge in [-0.3, -0.25) is 0 Å². The van der Waals surface area contributed by atoms with Gasteiger partial charge in [-0.25, -0.2) is 19.3 Å². The number of benzene rings is 2. The summed E-state index contributed by atoms with van der Waals surface area (Å²) in [5.41, 5.74) is 1.41. The number of carbonyl (C=O) groups excluding carboxylic acids is 2. The maximum atomic E-state index is 12.9. The van der Waals surface area contributed by atoms with E-state index in [9.17, 15) is 9.59 Å². The molecule has 2 aromatic carbocycles. The molecule has 0 atom stereocenters. The van der Waals surface area contributed by atoms with Crippen molar-refractivity contribution >= 4 is 11.9 Å². The standard InChI is InChI=1S/C25H24N4O5/c1-32-24(30)21-22(27-29(23(21)25(31)33-2)18-9-4-3-5-10-18)19-11-6-7-12-20(19)34-16-8-14-28-15-13-26-17-28/h3-7,9-13,15,17H,8,14,16H2,1-2H3. The molecular weight excluding hydrogens is 436 g/mol. The highest BCUT2D eigenvalue weighted by Gasteiger charge is 2.32. The zero-order valence-corrected chi connectivity index (χ0v) is 18.9. The molecule has 0 spiro atoms. The van der Waals surface area contributed by atoms with Crippen LogP contribution < -0.4 is 4.74 Å². The first-order valence-electron chi connectivity index (χ1n) is 10.7. The minimum atomic E-state index is -0.707. The summed E-state index contributed by atoms with van der Waals surface area (Å²) in [5.74, 6) is -0.873. The number of aromatic nitrogens is 4. The zero-order valence-electron chi connectivity index (χ0n) is 18.9. The van der Waals surface area contributed by atoms with Gasteiger partial charge in [-0.1, -0.05) is 30.3 Å². The van der Waals surface area contributed by atoms with E-state index in [0.717, 1.165) is 13.0 Å². The van der Waals surface area contributed by atoms with E-state index in [1.807, 2.05) is 41.1 Å². The molecule has 4 rings (SSSR count). The van der Waals surface area contributed by atoms with Crippen LogP contribution in [0.3, 0.4) is 0 Å². The minimum absolute atomic E-state index is 0.00710. The Morgan fingerprint density at radius 1 is 0.941 bits per heavy atom. The first kappa shape index (κ1) is 22.8. The Labute approximate surface area is 196 Å². The highest BCUT2D eigenvalue weighted by molar-refractivity contribution is 6.07. The number of hydrogen-bond donors (Lipinski definition) is 0. The van der Waals surface area contributed by atoms with Crippen molar-refractivity contribution in [3.8, 4) is 22.7 Å². The van der Waals surface area contributed by atoms with Crippen LogP contribution in [0.4, 0.5) is 0 Å². The van der Waals surface area contributed by atoms with E-state index in [0.29, 0.717) is 23.6 Å². The summed E-state index contributed by atoms with van der Waals surface area (Å²) < 4.78 is 19.4. The summed E-state index contributed by atoms with van der Waals surface area (Å²) in [4.78, 5) is 29.7. The van der Waals surface area contributed by atoms with Gasteiger partial charge in [0.15, 0.2) is 5.69 Å². The van der Waals surface area contributed by atoms with Crippen molar-refractivity contribution in [1.29, 1.82) is 0 Å². The lowest BCUT2D eigenvalue weighted by Crippen LogP contribution is -2.15. The van der Waals surface area contributed by atoms with Crippen LogP contribution in [0.15, 0.2) is 73.3 Å². The average Bonchev–Trinajstić information content (AvgIpc) is 3.55. The summed E-state index contributed by atoms with van der Waals surface area (Å²) in [6.45, 7) is 1.19. The topological polar surface area (TPSA) is 97.5 Å². The predicted octanol–water partition coefficient (Wildman–Crippen LogP) is 3.78. The van der Waals surface area contributed by atoms with Gasteiger partial charge in [0.2, 0.25) is 0 Å². The summed E-state index contributed by atoms with van der Waals surface area (Å²) in [6.07, 6.45) is 6.12. The molecule has 0 saturated carbocycles. The Kier molecular flexibility index (Phi) is 7.02. The number of rotatable bonds is 9. The van der Waals surface area contributed by atoms with Gasteiger partial charge in [0.25, 0.3) is 0 Å². The van der Waals surface area contributed by atoms with Gasteiger partial charge < -0.3 is 18.8 Å². The minimum Gasteiger partial charge on any atom is -0.493 e. The monoisotopic (exact) mass is 460 g/mol. The van der Waals surface area contributed by atoms with Crippen LogP contribution in [0.5, 0.6) is 5.75 Å². The van der Waals surface area contributed by atoms with Crippen molar-refractivity contribution in [3.63, 3.8) is 0 Å². The Balaban J connectivity index is 1.76. The van der Waals surface area contributed by atoms with Crippen LogP contribution >= 0.6 is 0 Å². The Bertz CT molecular complexity index is 1270. The van der Waals surface area contributed by atoms with Crippen molar-refractivity contribution in [2.24, 2.45) is 0 Å². The van der Waals surface area contributed by atoms with E-state index in [1.165, 1.54) is 18.9 Å². The number of hydrogen-bond acceptors (Lipinski definition) is 7. The van der Waals surface area contributed by atoms with Crippen LogP contribution in [0.2, 0.25) is 0 Å². The molecule has 0 radical (unpaired) electrons. The number of para-hydroxylation sites is 2. The molecule has 0 unspecified atom stereocenters. The average molecular weight is 460 g/mol. The van der Waals surface area contributed by atoms with Gasteiger partial charge in [-0.15, -0.1) is 0 Å². The molecular formula is C25H24N4O5. The predicted molar refractivity (Wildman–Crippen MR) is 124 cm³/mol. The smallest absolute Gasteiger partial charge is 0.357 e. The highest BCUT2D eigenvalue weighted by Crippen LogP contribution is 2.35. The van der Waals surface area contributed by atoms with Gasteiger partial charge in [0, 0.05) is 24.5 Å². The van der Waals surface area contributed by atoms with E-state index in [1.54, 1.807) is 36.8 Å². The summed E-state index contributed by atoms with van der Waals surface area (Å²) in [7, 11) is 2.51. The van der Waals surface area contributed by atoms with Crippen molar-refractivity contribution in [2.75, 3.05) is 20.8 Å². The number of nitrogens with zero attached hydrogens (tertiary/aromatic N) is 4. The SMILES string of the molecule is COC(=O)c1c(-c2ccccc2OCCCn2ccnc2)nn(-c2ccccc2)c1C(=O)OC. The largest absolute Gasteiger partial charge is 0.493 e. The lowest BCUT2D eigenvalue weighted by Gasteiger charge is -2.11. The van der Waals surface area contributed by atoms with E-state index >= 15 is 0 Å². The second-order valence-corrected chi connectivity index (χ2v) is 7.30. The quantitative estimate of drug-likeness (QED) is 0.277. The molecule has 9 nitrogen and oxygen atoms in total. The molecule has 0 aliphatic heterocycles. The third-order valence-corrected chi connectivity index (χ3v) is 5.17. The first-order valence-corrected chi connectivity index (χ1v) is 10.7. The highest BCUT2D eigenvalue weighted by atomic mass is 16.5. The van der Waals surface area contributed by atoms with Crippen molar-refractivity contribution in [1.82, 2.24) is 19.3 Å². The molecule has 0 aliphatic carbocycles. The molecule has 4 aromatic rings. The van der Waals surface area contributed by atoms with Crippen molar-refractivity contribution in [3.05, 3.63) is 84.6 Å². The van der Waals surface area contributed by atoms with Gasteiger partial charge in [-0.2, -0.15) is 5.10 Å². The molecule has 9 heteroatoms. The number of ether oxygens (including phenoxy) is 3. The lowest BCUT2D eigenvalue weighted by molar-refractivity contribution is 0.0549. The molecule has 0 aliphatic rings. The third-order valence-electron chi connectivity index (χ3n) is 5.17. The molecule has 2 aromatic heterocycles. The maximum Gasteiger partial charge on any atom is 0.357 e. The third kappa shape index (κ3) is 4.68. The fourth-order valence-corrected chi connectivity index (χ4v) is 3.58. The second kappa shape index (κ2) is 10.5. The van der Waals surface area contributed by atoms with E-state index < -0.39 is 11.9 Å². The molecule has 2 heterocycles. The molecule has 0 N–H and O–H groups in total. The van der Waals surface area contributed by atoms with Gasteiger partial charge in [0.1, 0.15) is 17.0 Å². The Morgan fingerprint density at radius 2 is 1.68 bits per heavy atom. The first-order chi connectivity index (χ1) is 16.6. The number of carbonyl (C=O) groups is 2. The van der Waals surface area contributed by atoms with Gasteiger partial charge >= 0.3 is 11.9 Å². The number of methoxy groups -OCH3 is 2. The van der Waals surface area contributed by atoms with Crippen molar-refractivity contribution < 1.29 is 23.8 Å². The molecule has 0 fully saturated rings. The molecule has 0 bridgehead atoms. The normalized spacial score (nSPS) is 10.6. The summed E-state index contributed by atoms with van der Waals surface area (Å²) in [6, 6.07) is 16.3.